The van der Waals surface area contributed by atoms with Crippen molar-refractivity contribution in [2.45, 2.75) is 31.7 Å². The van der Waals surface area contributed by atoms with Gasteiger partial charge in [-0.3, -0.25) is 4.90 Å². The first-order chi connectivity index (χ1) is 9.90. The van der Waals surface area contributed by atoms with Gasteiger partial charge in [-0.2, -0.15) is 0 Å². The second-order valence-corrected chi connectivity index (χ2v) is 5.45. The first-order valence-corrected chi connectivity index (χ1v) is 6.95. The normalized spacial score (nSPS) is 21.4. The molecule has 114 valence electrons. The Labute approximate surface area is 130 Å². The average molecular weight is 334 g/mol. The summed E-state index contributed by atoms with van der Waals surface area (Å²) in [5.74, 6) is -1.17. The topological polar surface area (TPSA) is 87.1 Å². The van der Waals surface area contributed by atoms with Gasteiger partial charge in [0.05, 0.1) is 0 Å². The number of carbonyl (C=O) groups excluding carboxylic acids is 1. The Hall–Kier alpha value is -1.50. The fraction of sp³-hybridized carbons (Fsp3) is 0.385. The van der Waals surface area contributed by atoms with Gasteiger partial charge in [0.25, 0.3) is 0 Å². The van der Waals surface area contributed by atoms with Crippen molar-refractivity contribution in [2.24, 2.45) is 0 Å². The van der Waals surface area contributed by atoms with Gasteiger partial charge in [0, 0.05) is 15.6 Å². The Balaban J connectivity index is 2.02. The molecule has 1 aromatic carbocycles. The van der Waals surface area contributed by atoms with Gasteiger partial charge in [-0.15, -0.1) is 0 Å². The van der Waals surface area contributed by atoms with E-state index in [0.717, 1.165) is 4.90 Å². The van der Waals surface area contributed by atoms with Crippen molar-refractivity contribution >= 4 is 35.3 Å². The molecule has 21 heavy (non-hydrogen) atoms. The van der Waals surface area contributed by atoms with Gasteiger partial charge in [-0.05, 0) is 25.0 Å². The first-order valence-electron chi connectivity index (χ1n) is 6.20. The van der Waals surface area contributed by atoms with Crippen molar-refractivity contribution < 1.29 is 24.5 Å². The third kappa shape index (κ3) is 3.58. The molecule has 2 unspecified atom stereocenters. The van der Waals surface area contributed by atoms with Crippen LogP contribution in [0.2, 0.25) is 10.0 Å². The summed E-state index contributed by atoms with van der Waals surface area (Å²) in [5, 5.41) is 19.5. The highest BCUT2D eigenvalue weighted by Gasteiger charge is 2.41. The number of carbonyl (C=O) groups is 2. The molecule has 1 amide bonds. The van der Waals surface area contributed by atoms with Crippen LogP contribution in [0, 0.1) is 0 Å². The Bertz CT molecular complexity index is 565. The maximum absolute atomic E-state index is 11.9. The molecule has 1 heterocycles. The van der Waals surface area contributed by atoms with E-state index in [1.165, 1.54) is 6.07 Å². The number of amides is 1. The second kappa shape index (κ2) is 6.51. The van der Waals surface area contributed by atoms with E-state index in [2.05, 4.69) is 0 Å². The smallest absolute Gasteiger partial charge is 0.412 e. The number of carboxylic acid groups (broad SMARTS) is 1. The molecule has 2 rings (SSSR count). The van der Waals surface area contributed by atoms with Crippen molar-refractivity contribution in [3.63, 3.8) is 0 Å². The molecule has 6 nitrogen and oxygen atoms in total. The number of rotatable bonds is 3. The lowest BCUT2D eigenvalue weighted by molar-refractivity contribution is -0.143. The summed E-state index contributed by atoms with van der Waals surface area (Å²) >= 11 is 11.7. The zero-order valence-electron chi connectivity index (χ0n) is 10.8. The molecule has 2 atom stereocenters. The van der Waals surface area contributed by atoms with E-state index in [1.807, 2.05) is 0 Å². The zero-order chi connectivity index (χ0) is 15.6. The predicted octanol–water partition coefficient (Wildman–Crippen LogP) is 2.50. The van der Waals surface area contributed by atoms with Crippen LogP contribution in [0.4, 0.5) is 4.79 Å². The van der Waals surface area contributed by atoms with Crippen LogP contribution < -0.4 is 0 Å². The molecule has 1 aromatic rings. The van der Waals surface area contributed by atoms with E-state index < -0.39 is 24.3 Å². The summed E-state index contributed by atoms with van der Waals surface area (Å²) in [4.78, 5) is 23.8. The molecule has 1 aliphatic rings. The standard InChI is InChI=1S/C13H13Cl2NO5/c14-8-2-1-7(9(15)5-8)6-21-13(20)16-10(12(18)19)3-4-11(16)17/h1-2,5,10-11,17H,3-4,6H2,(H,18,19). The molecule has 0 aliphatic carbocycles. The minimum absolute atomic E-state index is 0.135. The number of likely N-dealkylation sites (tertiary alicyclic amines) is 1. The fourth-order valence-electron chi connectivity index (χ4n) is 2.14. The minimum Gasteiger partial charge on any atom is -0.480 e. The van der Waals surface area contributed by atoms with Crippen molar-refractivity contribution in [1.82, 2.24) is 4.90 Å². The Morgan fingerprint density at radius 1 is 1.33 bits per heavy atom. The summed E-state index contributed by atoms with van der Waals surface area (Å²) in [6.45, 7) is -0.135. The van der Waals surface area contributed by atoms with E-state index >= 15 is 0 Å². The Morgan fingerprint density at radius 3 is 2.67 bits per heavy atom. The quantitative estimate of drug-likeness (QED) is 0.887. The first kappa shape index (κ1) is 15.9. The summed E-state index contributed by atoms with van der Waals surface area (Å²) in [6.07, 6.45) is -1.65. The number of carboxylic acids is 1. The number of aliphatic hydroxyl groups excluding tert-OH is 1. The van der Waals surface area contributed by atoms with Crippen LogP contribution >= 0.6 is 23.2 Å². The van der Waals surface area contributed by atoms with Crippen LogP contribution in [0.5, 0.6) is 0 Å². The van der Waals surface area contributed by atoms with E-state index in [1.54, 1.807) is 12.1 Å². The number of hydrogen-bond donors (Lipinski definition) is 2. The highest BCUT2D eigenvalue weighted by atomic mass is 35.5. The highest BCUT2D eigenvalue weighted by molar-refractivity contribution is 6.35. The van der Waals surface area contributed by atoms with E-state index in [-0.39, 0.29) is 19.4 Å². The molecule has 1 aliphatic heterocycles. The van der Waals surface area contributed by atoms with Gasteiger partial charge in [0.2, 0.25) is 0 Å². The van der Waals surface area contributed by atoms with E-state index in [4.69, 9.17) is 33.0 Å². The molecule has 0 spiro atoms. The number of nitrogens with zero attached hydrogens (tertiary/aromatic N) is 1. The third-order valence-corrected chi connectivity index (χ3v) is 3.80. The highest BCUT2D eigenvalue weighted by Crippen LogP contribution is 2.25. The number of ether oxygens (including phenoxy) is 1. The second-order valence-electron chi connectivity index (χ2n) is 4.61. The van der Waals surface area contributed by atoms with Crippen LogP contribution in [-0.4, -0.2) is 39.4 Å². The monoisotopic (exact) mass is 333 g/mol. The molecule has 0 saturated carbocycles. The maximum Gasteiger partial charge on any atom is 0.412 e. The SMILES string of the molecule is O=C(O)C1CCC(O)N1C(=O)OCc1ccc(Cl)cc1Cl. The molecule has 0 radical (unpaired) electrons. The van der Waals surface area contributed by atoms with Crippen molar-refractivity contribution in [1.29, 1.82) is 0 Å². The lowest BCUT2D eigenvalue weighted by atomic mass is 10.2. The molecule has 1 fully saturated rings. The number of hydrogen-bond acceptors (Lipinski definition) is 4. The zero-order valence-corrected chi connectivity index (χ0v) is 12.3. The Morgan fingerprint density at radius 2 is 2.05 bits per heavy atom. The van der Waals surface area contributed by atoms with Crippen molar-refractivity contribution in [3.8, 4) is 0 Å². The maximum atomic E-state index is 11.9. The molecular weight excluding hydrogens is 321 g/mol. The average Bonchev–Trinajstić information content (AvgIpc) is 2.79. The van der Waals surface area contributed by atoms with E-state index in [9.17, 15) is 14.7 Å². The fourth-order valence-corrected chi connectivity index (χ4v) is 2.60. The van der Waals surface area contributed by atoms with Crippen molar-refractivity contribution in [3.05, 3.63) is 33.8 Å². The van der Waals surface area contributed by atoms with Crippen LogP contribution in [0.1, 0.15) is 18.4 Å². The lowest BCUT2D eigenvalue weighted by Gasteiger charge is -2.24. The molecule has 0 aromatic heterocycles. The van der Waals surface area contributed by atoms with Gasteiger partial charge in [-0.25, -0.2) is 9.59 Å². The molecule has 8 heteroatoms. The van der Waals surface area contributed by atoms with Gasteiger partial charge >= 0.3 is 12.1 Å². The summed E-state index contributed by atoms with van der Waals surface area (Å²) < 4.78 is 5.02. The number of aliphatic hydroxyl groups is 1. The summed E-state index contributed by atoms with van der Waals surface area (Å²) in [7, 11) is 0. The molecule has 0 bridgehead atoms. The van der Waals surface area contributed by atoms with Crippen LogP contribution in [0.25, 0.3) is 0 Å². The third-order valence-electron chi connectivity index (χ3n) is 3.22. The number of benzene rings is 1. The largest absolute Gasteiger partial charge is 0.480 e. The van der Waals surface area contributed by atoms with Gasteiger partial charge < -0.3 is 14.9 Å². The van der Waals surface area contributed by atoms with Gasteiger partial charge in [-0.1, -0.05) is 29.3 Å². The van der Waals surface area contributed by atoms with Crippen molar-refractivity contribution in [2.75, 3.05) is 0 Å². The Kier molecular flexibility index (Phi) is 4.92. The predicted molar refractivity (Wildman–Crippen MR) is 75.2 cm³/mol. The number of aliphatic carboxylic acids is 1. The molecular formula is C13H13Cl2NO5. The summed E-state index contributed by atoms with van der Waals surface area (Å²) in [6, 6.07) is 3.64. The van der Waals surface area contributed by atoms with Gasteiger partial charge in [0.1, 0.15) is 18.9 Å². The van der Waals surface area contributed by atoms with Crippen LogP contribution in [0.15, 0.2) is 18.2 Å². The van der Waals surface area contributed by atoms with E-state index in [0.29, 0.717) is 15.6 Å². The van der Waals surface area contributed by atoms with Gasteiger partial charge in [0.15, 0.2) is 0 Å². The number of halogens is 2. The summed E-state index contributed by atoms with van der Waals surface area (Å²) in [5.41, 5.74) is 0.537. The van der Waals surface area contributed by atoms with Crippen LogP contribution in [-0.2, 0) is 16.1 Å². The molecule has 2 N–H and O–H groups in total. The minimum atomic E-state index is -1.17. The molecule has 1 saturated heterocycles. The van der Waals surface area contributed by atoms with Crippen LogP contribution in [0.3, 0.4) is 0 Å². The lowest BCUT2D eigenvalue weighted by Crippen LogP contribution is -2.45.